The summed E-state index contributed by atoms with van der Waals surface area (Å²) in [5.41, 5.74) is 2.76. The first-order valence-electron chi connectivity index (χ1n) is 9.78. The number of fused-ring (bicyclic) bond motifs is 1. The molecule has 0 amide bonds. The number of carbonyl (C=O) groups excluding carboxylic acids is 1. The standard InChI is InChI=1S/C23H18FN3O3/c1-13(21-26-27-22(30-21)15-8-10-16(24)11-9-15)29-23(28)18-12-20(14-6-7-14)25-19-5-3-2-4-17(18)19/h2-5,8-14H,6-7H2,1H3/t13-/m0/s1. The normalized spacial score (nSPS) is 14.6. The van der Waals surface area contributed by atoms with Crippen molar-refractivity contribution in [2.24, 2.45) is 0 Å². The first kappa shape index (κ1) is 18.4. The van der Waals surface area contributed by atoms with E-state index in [0.29, 0.717) is 17.0 Å². The highest BCUT2D eigenvalue weighted by atomic mass is 19.1. The SMILES string of the molecule is C[C@H](OC(=O)c1cc(C2CC2)nc2ccccc12)c1nnc(-c2ccc(F)cc2)o1. The van der Waals surface area contributed by atoms with E-state index in [1.807, 2.05) is 30.3 Å². The number of rotatable bonds is 5. The van der Waals surface area contributed by atoms with Crippen LogP contribution in [0.2, 0.25) is 0 Å². The molecule has 1 aliphatic carbocycles. The molecule has 0 aliphatic heterocycles. The summed E-state index contributed by atoms with van der Waals surface area (Å²) in [6, 6.07) is 15.1. The van der Waals surface area contributed by atoms with Gasteiger partial charge in [-0.15, -0.1) is 10.2 Å². The molecular formula is C23H18FN3O3. The van der Waals surface area contributed by atoms with E-state index in [9.17, 15) is 9.18 Å². The summed E-state index contributed by atoms with van der Waals surface area (Å²) in [5, 5.41) is 8.70. The summed E-state index contributed by atoms with van der Waals surface area (Å²) >= 11 is 0. The van der Waals surface area contributed by atoms with Crippen molar-refractivity contribution in [3.05, 3.63) is 77.6 Å². The van der Waals surface area contributed by atoms with Crippen LogP contribution in [0.1, 0.15) is 53.7 Å². The first-order chi connectivity index (χ1) is 14.6. The lowest BCUT2D eigenvalue weighted by Gasteiger charge is -2.12. The molecule has 2 aromatic heterocycles. The number of esters is 1. The quantitative estimate of drug-likeness (QED) is 0.425. The van der Waals surface area contributed by atoms with E-state index in [2.05, 4.69) is 15.2 Å². The third kappa shape index (κ3) is 3.54. The van der Waals surface area contributed by atoms with Gasteiger partial charge in [0.25, 0.3) is 5.89 Å². The maximum absolute atomic E-state index is 13.1. The van der Waals surface area contributed by atoms with Crippen LogP contribution in [0.3, 0.4) is 0 Å². The predicted molar refractivity (Wildman–Crippen MR) is 107 cm³/mol. The highest BCUT2D eigenvalue weighted by Gasteiger charge is 2.28. The van der Waals surface area contributed by atoms with Gasteiger partial charge in [-0.05, 0) is 56.2 Å². The average Bonchev–Trinajstić information content (AvgIpc) is 3.50. The first-order valence-corrected chi connectivity index (χ1v) is 9.78. The Morgan fingerprint density at radius 1 is 1.13 bits per heavy atom. The molecule has 1 aliphatic rings. The maximum atomic E-state index is 13.1. The van der Waals surface area contributed by atoms with Crippen molar-refractivity contribution in [2.45, 2.75) is 31.8 Å². The molecule has 1 saturated carbocycles. The Morgan fingerprint density at radius 2 is 1.90 bits per heavy atom. The molecule has 1 atom stereocenters. The minimum Gasteiger partial charge on any atom is -0.449 e. The van der Waals surface area contributed by atoms with Crippen LogP contribution >= 0.6 is 0 Å². The molecule has 2 aromatic carbocycles. The lowest BCUT2D eigenvalue weighted by Crippen LogP contribution is -2.11. The van der Waals surface area contributed by atoms with Gasteiger partial charge in [-0.1, -0.05) is 18.2 Å². The van der Waals surface area contributed by atoms with E-state index >= 15 is 0 Å². The summed E-state index contributed by atoms with van der Waals surface area (Å²) in [5.74, 6) is -0.00465. The maximum Gasteiger partial charge on any atom is 0.339 e. The van der Waals surface area contributed by atoms with Crippen LogP contribution in [-0.2, 0) is 4.74 Å². The van der Waals surface area contributed by atoms with E-state index in [0.717, 1.165) is 29.4 Å². The van der Waals surface area contributed by atoms with Crippen molar-refractivity contribution in [2.75, 3.05) is 0 Å². The minimum atomic E-state index is -0.740. The molecule has 6 nitrogen and oxygen atoms in total. The third-order valence-electron chi connectivity index (χ3n) is 5.11. The van der Waals surface area contributed by atoms with E-state index in [1.54, 1.807) is 19.1 Å². The van der Waals surface area contributed by atoms with Crippen LogP contribution in [0.25, 0.3) is 22.4 Å². The molecule has 5 rings (SSSR count). The number of para-hydroxylation sites is 1. The molecule has 0 saturated heterocycles. The van der Waals surface area contributed by atoms with E-state index < -0.39 is 12.1 Å². The molecular weight excluding hydrogens is 385 g/mol. The van der Waals surface area contributed by atoms with Gasteiger partial charge >= 0.3 is 5.97 Å². The lowest BCUT2D eigenvalue weighted by molar-refractivity contribution is 0.0282. The number of nitrogens with zero attached hydrogens (tertiary/aromatic N) is 3. The van der Waals surface area contributed by atoms with Gasteiger partial charge in [-0.2, -0.15) is 0 Å². The highest BCUT2D eigenvalue weighted by molar-refractivity contribution is 6.03. The van der Waals surface area contributed by atoms with Crippen LogP contribution in [-0.4, -0.2) is 21.2 Å². The lowest BCUT2D eigenvalue weighted by atomic mass is 10.1. The molecule has 1 fully saturated rings. The van der Waals surface area contributed by atoms with Gasteiger partial charge in [0.2, 0.25) is 5.89 Å². The molecule has 0 radical (unpaired) electrons. The van der Waals surface area contributed by atoms with Crippen LogP contribution in [0.5, 0.6) is 0 Å². The van der Waals surface area contributed by atoms with Gasteiger partial charge in [0.15, 0.2) is 6.10 Å². The van der Waals surface area contributed by atoms with Crippen molar-refractivity contribution < 1.29 is 18.3 Å². The van der Waals surface area contributed by atoms with Crippen LogP contribution in [0.4, 0.5) is 4.39 Å². The Hall–Kier alpha value is -3.61. The molecule has 4 aromatic rings. The number of aromatic nitrogens is 3. The van der Waals surface area contributed by atoms with Crippen LogP contribution in [0, 0.1) is 5.82 Å². The van der Waals surface area contributed by atoms with Crippen molar-refractivity contribution in [3.63, 3.8) is 0 Å². The Morgan fingerprint density at radius 3 is 2.67 bits per heavy atom. The Labute approximate surface area is 171 Å². The number of halogens is 1. The summed E-state index contributed by atoms with van der Waals surface area (Å²) in [7, 11) is 0. The number of ether oxygens (including phenoxy) is 1. The van der Waals surface area contributed by atoms with Gasteiger partial charge in [0, 0.05) is 22.6 Å². The number of benzene rings is 2. The fourth-order valence-corrected chi connectivity index (χ4v) is 3.34. The molecule has 2 heterocycles. The van der Waals surface area contributed by atoms with Gasteiger partial charge in [-0.25, -0.2) is 9.18 Å². The summed E-state index contributed by atoms with van der Waals surface area (Å²) < 4.78 is 24.4. The Bertz CT molecular complexity index is 1230. The molecule has 30 heavy (non-hydrogen) atoms. The molecule has 0 N–H and O–H groups in total. The van der Waals surface area contributed by atoms with E-state index in [1.165, 1.54) is 12.1 Å². The second-order valence-electron chi connectivity index (χ2n) is 7.39. The van der Waals surface area contributed by atoms with Crippen LogP contribution < -0.4 is 0 Å². The number of hydrogen-bond donors (Lipinski definition) is 0. The summed E-state index contributed by atoms with van der Waals surface area (Å²) in [6.45, 7) is 1.67. The van der Waals surface area contributed by atoms with Gasteiger partial charge in [0.1, 0.15) is 5.82 Å². The molecule has 150 valence electrons. The number of pyridine rings is 1. The van der Waals surface area contributed by atoms with E-state index in [4.69, 9.17) is 9.15 Å². The second-order valence-corrected chi connectivity index (χ2v) is 7.39. The van der Waals surface area contributed by atoms with Crippen molar-refractivity contribution in [1.29, 1.82) is 0 Å². The number of hydrogen-bond acceptors (Lipinski definition) is 6. The largest absolute Gasteiger partial charge is 0.449 e. The monoisotopic (exact) mass is 403 g/mol. The van der Waals surface area contributed by atoms with E-state index in [-0.39, 0.29) is 17.6 Å². The Balaban J connectivity index is 1.40. The van der Waals surface area contributed by atoms with Gasteiger partial charge < -0.3 is 9.15 Å². The highest BCUT2D eigenvalue weighted by Crippen LogP contribution is 2.40. The third-order valence-corrected chi connectivity index (χ3v) is 5.11. The fraction of sp³-hybridized carbons (Fsp3) is 0.217. The van der Waals surface area contributed by atoms with Gasteiger partial charge in [-0.3, -0.25) is 4.98 Å². The molecule has 0 spiro atoms. The number of carbonyl (C=O) groups is 1. The molecule has 0 bridgehead atoms. The van der Waals surface area contributed by atoms with Crippen molar-refractivity contribution in [1.82, 2.24) is 15.2 Å². The summed E-state index contributed by atoms with van der Waals surface area (Å²) in [6.07, 6.45) is 1.44. The average molecular weight is 403 g/mol. The zero-order valence-corrected chi connectivity index (χ0v) is 16.2. The topological polar surface area (TPSA) is 78.1 Å². The van der Waals surface area contributed by atoms with Crippen molar-refractivity contribution >= 4 is 16.9 Å². The summed E-state index contributed by atoms with van der Waals surface area (Å²) in [4.78, 5) is 17.7. The fourth-order valence-electron chi connectivity index (χ4n) is 3.34. The second kappa shape index (κ2) is 7.33. The van der Waals surface area contributed by atoms with Gasteiger partial charge in [0.05, 0.1) is 11.1 Å². The zero-order chi connectivity index (χ0) is 20.7. The predicted octanol–water partition coefficient (Wildman–Crippen LogP) is 5.22. The minimum absolute atomic E-state index is 0.170. The smallest absolute Gasteiger partial charge is 0.339 e. The van der Waals surface area contributed by atoms with Crippen molar-refractivity contribution in [3.8, 4) is 11.5 Å². The Kier molecular flexibility index (Phi) is 4.50. The zero-order valence-electron chi connectivity index (χ0n) is 16.2. The van der Waals surface area contributed by atoms with Crippen LogP contribution in [0.15, 0.2) is 59.0 Å². The molecule has 7 heteroatoms. The molecule has 0 unspecified atom stereocenters.